The van der Waals surface area contributed by atoms with Gasteiger partial charge < -0.3 is 10.1 Å². The summed E-state index contributed by atoms with van der Waals surface area (Å²) < 4.78 is 7.15. The zero-order valence-corrected chi connectivity index (χ0v) is 12.0. The molecule has 5 nitrogen and oxygen atoms in total. The molecule has 1 N–H and O–H groups in total. The molecule has 0 fully saturated rings. The van der Waals surface area contributed by atoms with E-state index in [0.29, 0.717) is 17.9 Å². The minimum Gasteiger partial charge on any atom is -0.495 e. The van der Waals surface area contributed by atoms with Crippen LogP contribution in [-0.2, 0) is 20.0 Å². The summed E-state index contributed by atoms with van der Waals surface area (Å²) in [4.78, 5) is 0. The second-order valence-electron chi connectivity index (χ2n) is 4.45. The Morgan fingerprint density at radius 2 is 2.25 bits per heavy atom. The van der Waals surface area contributed by atoms with Gasteiger partial charge in [0.05, 0.1) is 36.3 Å². The third-order valence-corrected chi connectivity index (χ3v) is 3.20. The number of ether oxygens (including phenoxy) is 1. The Labute approximate surface area is 118 Å². The predicted octanol–water partition coefficient (Wildman–Crippen LogP) is 2.47. The van der Waals surface area contributed by atoms with Gasteiger partial charge in [-0.2, -0.15) is 10.4 Å². The summed E-state index contributed by atoms with van der Waals surface area (Å²) in [6, 6.07) is 9.65. The van der Waals surface area contributed by atoms with Crippen LogP contribution >= 0.6 is 0 Å². The molecule has 0 atom stereocenters. The second kappa shape index (κ2) is 6.11. The van der Waals surface area contributed by atoms with E-state index in [9.17, 15) is 0 Å². The average Bonchev–Trinajstić information content (AvgIpc) is 2.85. The molecule has 0 saturated heterocycles. The van der Waals surface area contributed by atoms with E-state index < -0.39 is 0 Å². The Morgan fingerprint density at radius 3 is 2.85 bits per heavy atom. The van der Waals surface area contributed by atoms with Gasteiger partial charge in [-0.05, 0) is 24.6 Å². The summed E-state index contributed by atoms with van der Waals surface area (Å²) in [6.07, 6.45) is 0.909. The zero-order chi connectivity index (χ0) is 14.5. The van der Waals surface area contributed by atoms with E-state index in [1.165, 1.54) is 0 Å². The molecule has 2 aromatic rings. The third-order valence-electron chi connectivity index (χ3n) is 3.20. The van der Waals surface area contributed by atoms with E-state index >= 15 is 0 Å². The van der Waals surface area contributed by atoms with E-state index in [-0.39, 0.29) is 0 Å². The normalized spacial score (nSPS) is 10.1. The lowest BCUT2D eigenvalue weighted by Gasteiger charge is -2.12. The number of methoxy groups -OCH3 is 1. The number of aryl methyl sites for hydroxylation is 2. The van der Waals surface area contributed by atoms with Gasteiger partial charge in [0.15, 0.2) is 0 Å². The molecular formula is C15H18N4O. The molecule has 0 bridgehead atoms. The van der Waals surface area contributed by atoms with Crippen LogP contribution in [0.2, 0.25) is 0 Å². The minimum atomic E-state index is 0.572. The fourth-order valence-electron chi connectivity index (χ4n) is 2.07. The van der Waals surface area contributed by atoms with Crippen LogP contribution in [0.5, 0.6) is 5.75 Å². The number of benzene rings is 1. The topological polar surface area (TPSA) is 62.9 Å². The van der Waals surface area contributed by atoms with Crippen molar-refractivity contribution >= 4 is 5.69 Å². The van der Waals surface area contributed by atoms with Crippen LogP contribution < -0.4 is 10.1 Å². The Kier molecular flexibility index (Phi) is 4.26. The van der Waals surface area contributed by atoms with Crippen molar-refractivity contribution in [3.05, 3.63) is 41.2 Å². The second-order valence-corrected chi connectivity index (χ2v) is 4.45. The monoisotopic (exact) mass is 270 g/mol. The molecule has 1 aromatic carbocycles. The van der Waals surface area contributed by atoms with E-state index in [1.807, 2.05) is 23.9 Å². The molecule has 5 heteroatoms. The lowest BCUT2D eigenvalue weighted by molar-refractivity contribution is 0.416. The number of nitrogens with zero attached hydrogens (tertiary/aromatic N) is 3. The highest BCUT2D eigenvalue weighted by Crippen LogP contribution is 2.28. The van der Waals surface area contributed by atoms with Gasteiger partial charge in [0, 0.05) is 7.05 Å². The quantitative estimate of drug-likeness (QED) is 0.906. The highest BCUT2D eigenvalue weighted by atomic mass is 16.5. The predicted molar refractivity (Wildman–Crippen MR) is 77.6 cm³/mol. The van der Waals surface area contributed by atoms with Crippen LogP contribution in [0.25, 0.3) is 0 Å². The molecule has 20 heavy (non-hydrogen) atoms. The number of hydrogen-bond donors (Lipinski definition) is 1. The van der Waals surface area contributed by atoms with Crippen LogP contribution in [0.15, 0.2) is 24.3 Å². The molecule has 0 aliphatic rings. The van der Waals surface area contributed by atoms with Crippen molar-refractivity contribution in [1.82, 2.24) is 9.78 Å². The molecule has 0 amide bonds. The molecular weight excluding hydrogens is 252 g/mol. The van der Waals surface area contributed by atoms with Crippen LogP contribution in [0.3, 0.4) is 0 Å². The van der Waals surface area contributed by atoms with Crippen molar-refractivity contribution in [2.45, 2.75) is 19.9 Å². The highest BCUT2D eigenvalue weighted by Gasteiger charge is 2.10. The van der Waals surface area contributed by atoms with Crippen LogP contribution in [0.4, 0.5) is 5.69 Å². The Bertz CT molecular complexity index is 640. The first-order valence-corrected chi connectivity index (χ1v) is 6.52. The van der Waals surface area contributed by atoms with Crippen molar-refractivity contribution < 1.29 is 4.74 Å². The molecule has 1 heterocycles. The van der Waals surface area contributed by atoms with Gasteiger partial charge in [-0.15, -0.1) is 0 Å². The summed E-state index contributed by atoms with van der Waals surface area (Å²) >= 11 is 0. The molecule has 0 radical (unpaired) electrons. The maximum Gasteiger partial charge on any atom is 0.143 e. The molecule has 0 unspecified atom stereocenters. The number of rotatable bonds is 5. The number of hydrogen-bond acceptors (Lipinski definition) is 4. The summed E-state index contributed by atoms with van der Waals surface area (Å²) in [7, 11) is 3.52. The van der Waals surface area contributed by atoms with E-state index in [1.54, 1.807) is 13.2 Å². The van der Waals surface area contributed by atoms with Gasteiger partial charge >= 0.3 is 0 Å². The molecule has 104 valence electrons. The Morgan fingerprint density at radius 1 is 1.45 bits per heavy atom. The van der Waals surface area contributed by atoms with Gasteiger partial charge in [0.1, 0.15) is 11.8 Å². The largest absolute Gasteiger partial charge is 0.495 e. The van der Waals surface area contributed by atoms with Crippen molar-refractivity contribution in [2.24, 2.45) is 7.05 Å². The van der Waals surface area contributed by atoms with Crippen molar-refractivity contribution in [3.8, 4) is 11.8 Å². The van der Waals surface area contributed by atoms with Gasteiger partial charge in [-0.1, -0.05) is 13.0 Å². The zero-order valence-electron chi connectivity index (χ0n) is 12.0. The Balaban J connectivity index is 2.22. The maximum atomic E-state index is 9.17. The summed E-state index contributed by atoms with van der Waals surface area (Å²) in [5.74, 6) is 0.668. The van der Waals surface area contributed by atoms with Crippen molar-refractivity contribution in [2.75, 3.05) is 12.4 Å². The van der Waals surface area contributed by atoms with E-state index in [2.05, 4.69) is 29.5 Å². The fraction of sp³-hybridized carbons (Fsp3) is 0.333. The molecule has 0 aliphatic carbocycles. The SMILES string of the molecule is CCc1cc(CNc2c(C#N)cccc2OC)n(C)n1. The van der Waals surface area contributed by atoms with Crippen LogP contribution in [0, 0.1) is 11.3 Å². The molecule has 0 aliphatic heterocycles. The van der Waals surface area contributed by atoms with E-state index in [0.717, 1.165) is 23.5 Å². The molecule has 0 spiro atoms. The van der Waals surface area contributed by atoms with Gasteiger partial charge in [-0.3, -0.25) is 4.68 Å². The number of para-hydroxylation sites is 1. The Hall–Kier alpha value is -2.48. The lowest BCUT2D eigenvalue weighted by atomic mass is 10.1. The maximum absolute atomic E-state index is 9.17. The highest BCUT2D eigenvalue weighted by molar-refractivity contribution is 5.66. The molecule has 1 aromatic heterocycles. The standard InChI is InChI=1S/C15H18N4O/c1-4-12-8-13(19(2)18-12)10-17-15-11(9-16)6-5-7-14(15)20-3/h5-8,17H,4,10H2,1-3H3. The van der Waals surface area contributed by atoms with Crippen LogP contribution in [-0.4, -0.2) is 16.9 Å². The average molecular weight is 270 g/mol. The fourth-order valence-corrected chi connectivity index (χ4v) is 2.07. The van der Waals surface area contributed by atoms with Gasteiger partial charge in [-0.25, -0.2) is 0 Å². The van der Waals surface area contributed by atoms with E-state index in [4.69, 9.17) is 10.00 Å². The summed E-state index contributed by atoms with van der Waals surface area (Å²) in [5.41, 5.74) is 3.42. The minimum absolute atomic E-state index is 0.572. The number of aromatic nitrogens is 2. The smallest absolute Gasteiger partial charge is 0.143 e. The van der Waals surface area contributed by atoms with Crippen LogP contribution in [0.1, 0.15) is 23.9 Å². The van der Waals surface area contributed by atoms with Gasteiger partial charge in [0.25, 0.3) is 0 Å². The van der Waals surface area contributed by atoms with Gasteiger partial charge in [0.2, 0.25) is 0 Å². The number of anilines is 1. The summed E-state index contributed by atoms with van der Waals surface area (Å²) in [5, 5.41) is 16.8. The number of nitriles is 1. The first-order valence-electron chi connectivity index (χ1n) is 6.52. The van der Waals surface area contributed by atoms with Crippen molar-refractivity contribution in [3.63, 3.8) is 0 Å². The number of nitrogens with one attached hydrogen (secondary N) is 1. The first kappa shape index (κ1) is 13.9. The lowest BCUT2D eigenvalue weighted by Crippen LogP contribution is -2.07. The first-order chi connectivity index (χ1) is 9.69. The molecule has 0 saturated carbocycles. The molecule has 2 rings (SSSR count). The third kappa shape index (κ3) is 2.75. The van der Waals surface area contributed by atoms with Crippen molar-refractivity contribution in [1.29, 1.82) is 5.26 Å². The summed E-state index contributed by atoms with van der Waals surface area (Å²) in [6.45, 7) is 2.67.